The van der Waals surface area contributed by atoms with Crippen LogP contribution in [0.4, 0.5) is 11.8 Å². The summed E-state index contributed by atoms with van der Waals surface area (Å²) in [4.78, 5) is 8.55. The van der Waals surface area contributed by atoms with Crippen molar-refractivity contribution in [2.24, 2.45) is 0 Å². The lowest BCUT2D eigenvalue weighted by Gasteiger charge is -2.26. The topological polar surface area (TPSA) is 128 Å². The molecular weight excluding hydrogens is 334 g/mol. The maximum Gasteiger partial charge on any atom is 0.232 e. The molecule has 1 fully saturated rings. The van der Waals surface area contributed by atoms with E-state index in [0.717, 1.165) is 31.8 Å². The maximum atomic E-state index is 9.19. The first-order valence-electron chi connectivity index (χ1n) is 8.72. The van der Waals surface area contributed by atoms with Gasteiger partial charge in [0.05, 0.1) is 12.8 Å². The van der Waals surface area contributed by atoms with E-state index in [1.807, 2.05) is 6.92 Å². The van der Waals surface area contributed by atoms with E-state index >= 15 is 0 Å². The van der Waals surface area contributed by atoms with E-state index < -0.39 is 0 Å². The summed E-state index contributed by atoms with van der Waals surface area (Å²) in [7, 11) is 0. The zero-order valence-electron chi connectivity index (χ0n) is 14.8. The fourth-order valence-electron chi connectivity index (χ4n) is 2.84. The molecule has 0 spiro atoms. The van der Waals surface area contributed by atoms with Crippen molar-refractivity contribution in [3.63, 3.8) is 0 Å². The zero-order valence-corrected chi connectivity index (χ0v) is 14.8. The van der Waals surface area contributed by atoms with Gasteiger partial charge in [-0.15, -0.1) is 0 Å². The molecule has 4 N–H and O–H groups in total. The molecule has 138 valence electrons. The normalized spacial score (nSPS) is 20.5. The van der Waals surface area contributed by atoms with Crippen LogP contribution in [0.15, 0.2) is 17.6 Å². The summed E-state index contributed by atoms with van der Waals surface area (Å²) in [6, 6.07) is 2.37. The van der Waals surface area contributed by atoms with Crippen molar-refractivity contribution in [1.29, 1.82) is 10.7 Å². The number of hydrogen-bond donors (Lipinski definition) is 4. The standard InChI is InChI=1S/C17H23N7O2/c1-11(22-13-3-7-25-8-4-13)14-15(19)26-6-2-5-20-16-12(9-18)10-21-17(23-14)24-16/h10,13,19,22H,2-8H2,1H3,(H2,20,21,23,24)/b14-11+,19-15?. The Bertz CT molecular complexity index is 735. The molecule has 3 rings (SSSR count). The number of fused-ring (bicyclic) bond motifs is 2. The molecule has 26 heavy (non-hydrogen) atoms. The van der Waals surface area contributed by atoms with Gasteiger partial charge in [0.25, 0.3) is 0 Å². The molecule has 0 unspecified atom stereocenters. The molecule has 3 heterocycles. The van der Waals surface area contributed by atoms with Gasteiger partial charge >= 0.3 is 0 Å². The number of anilines is 2. The largest absolute Gasteiger partial charge is 0.476 e. The monoisotopic (exact) mass is 357 g/mol. The first-order valence-corrected chi connectivity index (χ1v) is 8.72. The second-order valence-corrected chi connectivity index (χ2v) is 6.18. The number of allylic oxidation sites excluding steroid dienone is 1. The lowest BCUT2D eigenvalue weighted by atomic mass is 10.1. The molecule has 0 amide bonds. The molecular formula is C17H23N7O2. The third kappa shape index (κ3) is 4.40. The lowest BCUT2D eigenvalue weighted by Crippen LogP contribution is -2.35. The summed E-state index contributed by atoms with van der Waals surface area (Å²) < 4.78 is 11.0. The second-order valence-electron chi connectivity index (χ2n) is 6.18. The Morgan fingerprint density at radius 2 is 2.19 bits per heavy atom. The van der Waals surface area contributed by atoms with Crippen molar-refractivity contribution in [3.8, 4) is 6.07 Å². The summed E-state index contributed by atoms with van der Waals surface area (Å²) in [5.74, 6) is 0.830. The minimum absolute atomic E-state index is 0.0402. The van der Waals surface area contributed by atoms with E-state index in [1.165, 1.54) is 6.20 Å². The molecule has 0 atom stereocenters. The van der Waals surface area contributed by atoms with Crippen molar-refractivity contribution in [3.05, 3.63) is 23.2 Å². The number of ether oxygens (including phenoxy) is 2. The van der Waals surface area contributed by atoms with Crippen LogP contribution >= 0.6 is 0 Å². The van der Waals surface area contributed by atoms with Crippen LogP contribution in [0.2, 0.25) is 0 Å². The van der Waals surface area contributed by atoms with Crippen LogP contribution in [0.5, 0.6) is 0 Å². The Balaban J connectivity index is 1.87. The van der Waals surface area contributed by atoms with E-state index in [-0.39, 0.29) is 5.90 Å². The van der Waals surface area contributed by atoms with E-state index in [4.69, 9.17) is 14.9 Å². The van der Waals surface area contributed by atoms with Gasteiger partial charge in [0, 0.05) is 31.5 Å². The molecule has 9 heteroatoms. The Morgan fingerprint density at radius 1 is 1.38 bits per heavy atom. The Kier molecular flexibility index (Phi) is 5.86. The maximum absolute atomic E-state index is 9.19. The number of aromatic nitrogens is 2. The summed E-state index contributed by atoms with van der Waals surface area (Å²) >= 11 is 0. The highest BCUT2D eigenvalue weighted by Crippen LogP contribution is 2.17. The molecule has 0 aliphatic carbocycles. The fraction of sp³-hybridized carbons (Fsp3) is 0.529. The molecule has 1 saturated heterocycles. The number of nitrogens with zero attached hydrogens (tertiary/aromatic N) is 3. The van der Waals surface area contributed by atoms with Crippen LogP contribution in [0, 0.1) is 16.7 Å². The van der Waals surface area contributed by atoms with Gasteiger partial charge in [-0.05, 0) is 26.2 Å². The van der Waals surface area contributed by atoms with Crippen molar-refractivity contribution in [2.45, 2.75) is 32.2 Å². The van der Waals surface area contributed by atoms with Gasteiger partial charge < -0.3 is 25.4 Å². The van der Waals surface area contributed by atoms with Crippen LogP contribution in [0.3, 0.4) is 0 Å². The summed E-state index contributed by atoms with van der Waals surface area (Å²) in [5.41, 5.74) is 1.67. The van der Waals surface area contributed by atoms with Crippen LogP contribution < -0.4 is 16.0 Å². The summed E-state index contributed by atoms with van der Waals surface area (Å²) in [6.45, 7) is 4.35. The van der Waals surface area contributed by atoms with Crippen molar-refractivity contribution >= 4 is 17.7 Å². The quantitative estimate of drug-likeness (QED) is 0.628. The molecule has 9 nitrogen and oxygen atoms in total. The summed E-state index contributed by atoms with van der Waals surface area (Å²) in [5, 5.41) is 27.1. The SMILES string of the molecule is C/C(NC1CCOCC1)=C1\Nc2ncc(C#N)c(n2)NCCCOC1=N. The predicted molar refractivity (Wildman–Crippen MR) is 96.8 cm³/mol. The lowest BCUT2D eigenvalue weighted by molar-refractivity contribution is 0.0803. The summed E-state index contributed by atoms with van der Waals surface area (Å²) in [6.07, 6.45) is 3.99. The predicted octanol–water partition coefficient (Wildman–Crippen LogP) is 1.57. The molecule has 2 aliphatic heterocycles. The van der Waals surface area contributed by atoms with Crippen LogP contribution in [0.1, 0.15) is 31.7 Å². The molecule has 1 aromatic heterocycles. The number of nitrogens with one attached hydrogen (secondary N) is 4. The van der Waals surface area contributed by atoms with Gasteiger partial charge in [0.15, 0.2) is 0 Å². The Hall–Kier alpha value is -2.86. The third-order valence-electron chi connectivity index (χ3n) is 4.25. The number of nitriles is 1. The Morgan fingerprint density at radius 3 is 2.96 bits per heavy atom. The fourth-order valence-corrected chi connectivity index (χ4v) is 2.84. The van der Waals surface area contributed by atoms with Gasteiger partial charge in [-0.3, -0.25) is 5.41 Å². The van der Waals surface area contributed by atoms with Gasteiger partial charge in [-0.2, -0.15) is 10.2 Å². The zero-order chi connectivity index (χ0) is 18.4. The van der Waals surface area contributed by atoms with E-state index in [0.29, 0.717) is 48.6 Å². The van der Waals surface area contributed by atoms with E-state index in [9.17, 15) is 5.26 Å². The van der Waals surface area contributed by atoms with Crippen molar-refractivity contribution < 1.29 is 9.47 Å². The van der Waals surface area contributed by atoms with Crippen molar-refractivity contribution in [1.82, 2.24) is 15.3 Å². The smallest absolute Gasteiger partial charge is 0.232 e. The number of hydrogen-bond acceptors (Lipinski definition) is 9. The minimum Gasteiger partial charge on any atom is -0.476 e. The van der Waals surface area contributed by atoms with Gasteiger partial charge in [0.2, 0.25) is 11.8 Å². The average molecular weight is 357 g/mol. The molecule has 2 bridgehead atoms. The van der Waals surface area contributed by atoms with Crippen LogP contribution in [-0.4, -0.2) is 48.3 Å². The third-order valence-corrected chi connectivity index (χ3v) is 4.25. The molecule has 0 radical (unpaired) electrons. The first kappa shape index (κ1) is 17.9. The highest BCUT2D eigenvalue weighted by Gasteiger charge is 2.19. The van der Waals surface area contributed by atoms with Gasteiger partial charge in [-0.25, -0.2) is 4.98 Å². The van der Waals surface area contributed by atoms with Crippen LogP contribution in [0.25, 0.3) is 0 Å². The highest BCUT2D eigenvalue weighted by molar-refractivity contribution is 5.94. The molecule has 2 aliphatic rings. The first-order chi connectivity index (χ1) is 12.7. The molecule has 0 saturated carbocycles. The van der Waals surface area contributed by atoms with Crippen LogP contribution in [-0.2, 0) is 9.47 Å². The van der Waals surface area contributed by atoms with Gasteiger partial charge in [0.1, 0.15) is 23.1 Å². The molecule has 0 aromatic carbocycles. The van der Waals surface area contributed by atoms with Crippen molar-refractivity contribution in [2.75, 3.05) is 37.0 Å². The minimum atomic E-state index is 0.0402. The van der Waals surface area contributed by atoms with E-state index in [2.05, 4.69) is 32.0 Å². The van der Waals surface area contributed by atoms with Gasteiger partial charge in [-0.1, -0.05) is 0 Å². The second kappa shape index (κ2) is 8.49. The average Bonchev–Trinajstić information content (AvgIpc) is 2.68. The number of rotatable bonds is 2. The van der Waals surface area contributed by atoms with E-state index in [1.54, 1.807) is 0 Å². The molecule has 1 aromatic rings. The Labute approximate surface area is 152 Å². The highest BCUT2D eigenvalue weighted by atomic mass is 16.5.